The Labute approximate surface area is 255 Å². The Bertz CT molecular complexity index is 1460. The van der Waals surface area contributed by atoms with Crippen molar-refractivity contribution < 1.29 is 18.0 Å². The van der Waals surface area contributed by atoms with Gasteiger partial charge in [-0.1, -0.05) is 84.5 Å². The summed E-state index contributed by atoms with van der Waals surface area (Å²) >= 11 is 24.6. The van der Waals surface area contributed by atoms with Crippen molar-refractivity contribution >= 4 is 73.9 Å². The van der Waals surface area contributed by atoms with Gasteiger partial charge in [0.2, 0.25) is 11.8 Å². The third kappa shape index (κ3) is 7.83. The molecule has 3 rings (SSSR count). The molecule has 0 radical (unpaired) electrons. The van der Waals surface area contributed by atoms with Crippen LogP contribution in [0.3, 0.4) is 0 Å². The number of nitrogens with zero attached hydrogens (tertiary/aromatic N) is 2. The Morgan fingerprint density at radius 3 is 2.05 bits per heavy atom. The van der Waals surface area contributed by atoms with Crippen LogP contribution >= 0.6 is 46.4 Å². The molecule has 0 saturated carbocycles. The summed E-state index contributed by atoms with van der Waals surface area (Å²) in [6.45, 7) is 3.52. The van der Waals surface area contributed by atoms with Crippen molar-refractivity contribution in [1.29, 1.82) is 0 Å². The molecule has 0 fully saturated rings. The average molecular weight is 645 g/mol. The lowest BCUT2D eigenvalue weighted by Gasteiger charge is -2.33. The molecule has 7 nitrogen and oxygen atoms in total. The Hall–Kier alpha value is -2.49. The predicted octanol–water partition coefficient (Wildman–Crippen LogP) is 6.83. The zero-order valence-corrected chi connectivity index (χ0v) is 25.8. The van der Waals surface area contributed by atoms with Crippen LogP contribution in [0.1, 0.15) is 32.3 Å². The van der Waals surface area contributed by atoms with E-state index < -0.39 is 28.5 Å². The monoisotopic (exact) mass is 643 g/mol. The normalized spacial score (nSPS) is 12.1. The molecule has 0 heterocycles. The van der Waals surface area contributed by atoms with Gasteiger partial charge in [-0.3, -0.25) is 13.9 Å². The summed E-state index contributed by atoms with van der Waals surface area (Å²) < 4.78 is 28.6. The van der Waals surface area contributed by atoms with E-state index in [1.165, 1.54) is 35.2 Å². The predicted molar refractivity (Wildman–Crippen MR) is 162 cm³/mol. The maximum absolute atomic E-state index is 14.0. The Morgan fingerprint density at radius 2 is 1.48 bits per heavy atom. The number of nitrogens with one attached hydrogen (secondary N) is 1. The number of halogens is 4. The van der Waals surface area contributed by atoms with Crippen LogP contribution in [0.15, 0.2) is 71.6 Å². The molecular formula is C28H29Cl4N3O4S. The molecule has 12 heteroatoms. The molecule has 3 aromatic rings. The van der Waals surface area contributed by atoms with Crippen LogP contribution in [0.4, 0.5) is 5.69 Å². The van der Waals surface area contributed by atoms with Crippen molar-refractivity contribution in [2.45, 2.75) is 44.2 Å². The molecule has 0 bridgehead atoms. The number of carbonyl (C=O) groups is 2. The van der Waals surface area contributed by atoms with Gasteiger partial charge in [-0.05, 0) is 60.9 Å². The van der Waals surface area contributed by atoms with Crippen molar-refractivity contribution in [3.8, 4) is 0 Å². The highest BCUT2D eigenvalue weighted by molar-refractivity contribution is 7.92. The fourth-order valence-corrected chi connectivity index (χ4v) is 6.05. The molecule has 2 amide bonds. The van der Waals surface area contributed by atoms with Gasteiger partial charge >= 0.3 is 0 Å². The number of amides is 2. The van der Waals surface area contributed by atoms with Crippen LogP contribution in [0.25, 0.3) is 0 Å². The maximum Gasteiger partial charge on any atom is 0.264 e. The van der Waals surface area contributed by atoms with Crippen molar-refractivity contribution in [2.75, 3.05) is 17.4 Å². The van der Waals surface area contributed by atoms with Crippen LogP contribution in [-0.2, 0) is 26.2 Å². The number of hydrogen-bond acceptors (Lipinski definition) is 4. The van der Waals surface area contributed by atoms with Gasteiger partial charge in [-0.15, -0.1) is 0 Å². The van der Waals surface area contributed by atoms with E-state index in [2.05, 4.69) is 5.32 Å². The van der Waals surface area contributed by atoms with Gasteiger partial charge < -0.3 is 10.2 Å². The quantitative estimate of drug-likeness (QED) is 0.234. The molecule has 40 heavy (non-hydrogen) atoms. The lowest BCUT2D eigenvalue weighted by atomic mass is 10.1. The van der Waals surface area contributed by atoms with Crippen LogP contribution in [0.5, 0.6) is 0 Å². The Balaban J connectivity index is 2.08. The first-order chi connectivity index (χ1) is 19.0. The summed E-state index contributed by atoms with van der Waals surface area (Å²) in [4.78, 5) is 28.5. The lowest BCUT2D eigenvalue weighted by Crippen LogP contribution is -2.52. The van der Waals surface area contributed by atoms with Crippen molar-refractivity contribution in [1.82, 2.24) is 10.2 Å². The van der Waals surface area contributed by atoms with Gasteiger partial charge in [0.15, 0.2) is 0 Å². The maximum atomic E-state index is 14.0. The third-order valence-corrected chi connectivity index (χ3v) is 9.34. The fourth-order valence-electron chi connectivity index (χ4n) is 4.01. The van der Waals surface area contributed by atoms with E-state index in [-0.39, 0.29) is 33.1 Å². The number of carbonyl (C=O) groups excluding carboxylic acids is 2. The molecule has 0 aliphatic rings. The van der Waals surface area contributed by atoms with Gasteiger partial charge in [0, 0.05) is 13.1 Å². The molecular weight excluding hydrogens is 616 g/mol. The fraction of sp³-hybridized carbons (Fsp3) is 0.286. The Kier molecular flexibility index (Phi) is 11.5. The van der Waals surface area contributed by atoms with E-state index >= 15 is 0 Å². The number of rotatable bonds is 12. The first-order valence-electron chi connectivity index (χ1n) is 12.5. The summed E-state index contributed by atoms with van der Waals surface area (Å²) in [6, 6.07) is 16.1. The third-order valence-electron chi connectivity index (χ3n) is 6.07. The van der Waals surface area contributed by atoms with Gasteiger partial charge in [0.05, 0.1) is 30.7 Å². The first kappa shape index (κ1) is 32.0. The summed E-state index contributed by atoms with van der Waals surface area (Å²) in [5.74, 6) is -0.945. The van der Waals surface area contributed by atoms with Gasteiger partial charge in [-0.25, -0.2) is 8.42 Å². The molecule has 0 aromatic heterocycles. The second-order valence-corrected chi connectivity index (χ2v) is 12.4. The lowest BCUT2D eigenvalue weighted by molar-refractivity contribution is -0.140. The minimum atomic E-state index is -4.22. The average Bonchev–Trinajstić information content (AvgIpc) is 2.94. The van der Waals surface area contributed by atoms with Crippen LogP contribution < -0.4 is 9.62 Å². The number of hydrogen-bond donors (Lipinski definition) is 1. The van der Waals surface area contributed by atoms with Gasteiger partial charge in [-0.2, -0.15) is 0 Å². The molecule has 0 unspecified atom stereocenters. The summed E-state index contributed by atoms with van der Waals surface area (Å²) in [7, 11) is -4.22. The summed E-state index contributed by atoms with van der Waals surface area (Å²) in [5.41, 5.74) is 0.765. The summed E-state index contributed by atoms with van der Waals surface area (Å²) in [5, 5.41) is 3.82. The first-order valence-corrected chi connectivity index (χ1v) is 15.5. The standard InChI is InChI=1S/C28H29Cl4N3O4S/c1-3-14-33-28(37)26(4-2)34(17-19-10-12-22(29)24(31)15-19)27(36)18-35(20-11-13-23(30)25(32)16-20)40(38,39)21-8-6-5-7-9-21/h5-13,15-16,26H,3-4,14,17-18H2,1-2H3,(H,33,37)/t26-/m0/s1. The van der Waals surface area contributed by atoms with E-state index in [1.807, 2.05) is 6.92 Å². The van der Waals surface area contributed by atoms with E-state index in [9.17, 15) is 18.0 Å². The minimum Gasteiger partial charge on any atom is -0.354 e. The largest absolute Gasteiger partial charge is 0.354 e. The van der Waals surface area contributed by atoms with Crippen molar-refractivity contribution in [3.63, 3.8) is 0 Å². The molecule has 0 aliphatic heterocycles. The van der Waals surface area contributed by atoms with E-state index in [4.69, 9.17) is 46.4 Å². The van der Waals surface area contributed by atoms with Crippen LogP contribution in [0, 0.1) is 0 Å². The van der Waals surface area contributed by atoms with Crippen molar-refractivity contribution in [3.05, 3.63) is 92.4 Å². The molecule has 0 aliphatic carbocycles. The molecule has 214 valence electrons. The molecule has 1 atom stereocenters. The molecule has 0 saturated heterocycles. The van der Waals surface area contributed by atoms with E-state index in [1.54, 1.807) is 43.3 Å². The molecule has 0 spiro atoms. The van der Waals surface area contributed by atoms with Crippen molar-refractivity contribution in [2.24, 2.45) is 0 Å². The molecule has 3 aromatic carbocycles. The second kappa shape index (κ2) is 14.4. The highest BCUT2D eigenvalue weighted by Gasteiger charge is 2.33. The summed E-state index contributed by atoms with van der Waals surface area (Å²) in [6.07, 6.45) is 1.00. The van der Waals surface area contributed by atoms with E-state index in [0.717, 1.165) is 4.31 Å². The zero-order valence-electron chi connectivity index (χ0n) is 21.9. The smallest absolute Gasteiger partial charge is 0.264 e. The zero-order chi connectivity index (χ0) is 29.4. The van der Waals surface area contributed by atoms with Crippen LogP contribution in [-0.4, -0.2) is 44.3 Å². The van der Waals surface area contributed by atoms with Gasteiger partial charge in [0.25, 0.3) is 10.0 Å². The minimum absolute atomic E-state index is 0.00558. The topological polar surface area (TPSA) is 86.8 Å². The van der Waals surface area contributed by atoms with E-state index in [0.29, 0.717) is 35.0 Å². The highest BCUT2D eigenvalue weighted by Crippen LogP contribution is 2.31. The number of sulfonamides is 1. The number of anilines is 1. The van der Waals surface area contributed by atoms with Gasteiger partial charge in [0.1, 0.15) is 12.6 Å². The van der Waals surface area contributed by atoms with Crippen LogP contribution in [0.2, 0.25) is 20.1 Å². The SMILES string of the molecule is CCCNC(=O)[C@H](CC)N(Cc1ccc(Cl)c(Cl)c1)C(=O)CN(c1ccc(Cl)c(Cl)c1)S(=O)(=O)c1ccccc1. The Morgan fingerprint density at radius 1 is 0.850 bits per heavy atom. The number of benzene rings is 3. The highest BCUT2D eigenvalue weighted by atomic mass is 35.5. The second-order valence-electron chi connectivity index (χ2n) is 8.91. The molecule has 1 N–H and O–H groups in total.